The van der Waals surface area contributed by atoms with Crippen LogP contribution in [0.3, 0.4) is 0 Å². The molecule has 0 aromatic heterocycles. The van der Waals surface area contributed by atoms with Gasteiger partial charge in [-0.2, -0.15) is 0 Å². The molecule has 3 N–H and O–H groups in total. The lowest BCUT2D eigenvalue weighted by Gasteiger charge is -2.22. The summed E-state index contributed by atoms with van der Waals surface area (Å²) in [6, 6.07) is -1.70. The van der Waals surface area contributed by atoms with Gasteiger partial charge in [0.05, 0.1) is 0 Å². The molecule has 0 heterocycles. The average molecular weight is 324 g/mol. The van der Waals surface area contributed by atoms with Gasteiger partial charge in [0.25, 0.3) is 0 Å². The van der Waals surface area contributed by atoms with E-state index in [2.05, 4.69) is 17.2 Å². The second-order valence-corrected chi connectivity index (χ2v) is 6.26. The number of carbonyl (C=O) groups is 3. The zero-order chi connectivity index (χ0) is 17.2. The third-order valence-electron chi connectivity index (χ3n) is 4.24. The van der Waals surface area contributed by atoms with Crippen LogP contribution in [0.15, 0.2) is 12.7 Å². The molecule has 6 heteroatoms. The summed E-state index contributed by atoms with van der Waals surface area (Å²) in [5, 5.41) is 14.2. The normalized spacial score (nSPS) is 17.8. The van der Waals surface area contributed by atoms with Gasteiger partial charge in [-0.1, -0.05) is 25.3 Å². The molecule has 0 aromatic carbocycles. The number of carboxylic acids is 1. The van der Waals surface area contributed by atoms with Gasteiger partial charge in [-0.15, -0.1) is 6.58 Å². The predicted octanol–water partition coefficient (Wildman–Crippen LogP) is 2.00. The molecule has 0 spiro atoms. The van der Waals surface area contributed by atoms with Gasteiger partial charge in [-0.3, -0.25) is 9.59 Å². The summed E-state index contributed by atoms with van der Waals surface area (Å²) in [5.41, 5.74) is 0. The van der Waals surface area contributed by atoms with Crippen LogP contribution < -0.4 is 10.6 Å². The number of rotatable bonds is 9. The highest BCUT2D eigenvalue weighted by molar-refractivity contribution is 5.90. The molecule has 0 aliphatic heterocycles. The summed E-state index contributed by atoms with van der Waals surface area (Å²) < 4.78 is 0. The average Bonchev–Trinajstić information content (AvgIpc) is 2.51. The van der Waals surface area contributed by atoms with Gasteiger partial charge in [0.15, 0.2) is 0 Å². The van der Waals surface area contributed by atoms with E-state index >= 15 is 0 Å². The van der Waals surface area contributed by atoms with Crippen molar-refractivity contribution in [1.29, 1.82) is 0 Å². The Bertz CT molecular complexity index is 430. The van der Waals surface area contributed by atoms with Gasteiger partial charge in [0.2, 0.25) is 11.8 Å². The fraction of sp³-hybridized carbons (Fsp3) is 0.706. The number of carboxylic acid groups (broad SMARTS) is 1. The van der Waals surface area contributed by atoms with E-state index in [0.29, 0.717) is 18.8 Å². The molecule has 0 radical (unpaired) electrons. The van der Waals surface area contributed by atoms with E-state index in [1.54, 1.807) is 13.0 Å². The number of aliphatic carboxylic acids is 1. The Hall–Kier alpha value is -1.85. The minimum Gasteiger partial charge on any atom is -0.480 e. The summed E-state index contributed by atoms with van der Waals surface area (Å²) in [6.07, 6.45) is 8.53. The predicted molar refractivity (Wildman–Crippen MR) is 87.8 cm³/mol. The first kappa shape index (κ1) is 19.2. The molecular weight excluding hydrogens is 296 g/mol. The van der Waals surface area contributed by atoms with Crippen LogP contribution in [-0.4, -0.2) is 35.0 Å². The molecule has 2 unspecified atom stereocenters. The van der Waals surface area contributed by atoms with Crippen LogP contribution in [0.5, 0.6) is 0 Å². The molecule has 1 rings (SSSR count). The fourth-order valence-electron chi connectivity index (χ4n) is 2.86. The fourth-order valence-corrected chi connectivity index (χ4v) is 2.86. The van der Waals surface area contributed by atoms with E-state index in [-0.39, 0.29) is 12.3 Å². The Morgan fingerprint density at radius 1 is 1.22 bits per heavy atom. The lowest BCUT2D eigenvalue weighted by Crippen LogP contribution is -2.50. The van der Waals surface area contributed by atoms with Crippen LogP contribution in [0.2, 0.25) is 0 Å². The number of amides is 2. The summed E-state index contributed by atoms with van der Waals surface area (Å²) in [7, 11) is 0. The van der Waals surface area contributed by atoms with E-state index in [0.717, 1.165) is 25.7 Å². The third kappa shape index (κ3) is 7.30. The molecule has 1 aliphatic carbocycles. The lowest BCUT2D eigenvalue weighted by atomic mass is 9.87. The van der Waals surface area contributed by atoms with Crippen LogP contribution in [0.1, 0.15) is 58.3 Å². The van der Waals surface area contributed by atoms with Crippen LogP contribution in [0, 0.1) is 5.92 Å². The molecule has 1 aliphatic rings. The van der Waals surface area contributed by atoms with E-state index in [4.69, 9.17) is 5.11 Å². The number of carbonyl (C=O) groups excluding carboxylic acids is 2. The van der Waals surface area contributed by atoms with Crippen molar-refractivity contribution in [3.8, 4) is 0 Å². The molecule has 23 heavy (non-hydrogen) atoms. The molecule has 0 bridgehead atoms. The van der Waals surface area contributed by atoms with Crippen molar-refractivity contribution >= 4 is 17.8 Å². The molecule has 0 saturated heterocycles. The number of hydrogen-bond donors (Lipinski definition) is 3. The van der Waals surface area contributed by atoms with Gasteiger partial charge in [0, 0.05) is 6.42 Å². The summed E-state index contributed by atoms with van der Waals surface area (Å²) in [4.78, 5) is 35.1. The minimum absolute atomic E-state index is 0.141. The first-order valence-electron chi connectivity index (χ1n) is 8.37. The maximum Gasteiger partial charge on any atom is 0.326 e. The molecule has 0 aromatic rings. The Morgan fingerprint density at radius 2 is 1.87 bits per heavy atom. The maximum atomic E-state index is 12.0. The smallest absolute Gasteiger partial charge is 0.326 e. The molecule has 2 atom stereocenters. The topological polar surface area (TPSA) is 95.5 Å². The third-order valence-corrected chi connectivity index (χ3v) is 4.24. The lowest BCUT2D eigenvalue weighted by molar-refractivity contribution is -0.142. The minimum atomic E-state index is -1.08. The van der Waals surface area contributed by atoms with E-state index in [1.165, 1.54) is 6.42 Å². The van der Waals surface area contributed by atoms with Gasteiger partial charge >= 0.3 is 5.97 Å². The molecule has 1 fully saturated rings. The van der Waals surface area contributed by atoms with Gasteiger partial charge in [0.1, 0.15) is 12.1 Å². The second kappa shape index (κ2) is 10.0. The molecule has 6 nitrogen and oxygen atoms in total. The van der Waals surface area contributed by atoms with Crippen molar-refractivity contribution in [2.75, 3.05) is 0 Å². The summed E-state index contributed by atoms with van der Waals surface area (Å²) in [5.74, 6) is -1.30. The van der Waals surface area contributed by atoms with E-state index in [1.807, 2.05) is 0 Å². The zero-order valence-corrected chi connectivity index (χ0v) is 13.8. The molecular formula is C17H28N2O4. The summed E-state index contributed by atoms with van der Waals surface area (Å²) >= 11 is 0. The Labute approximate surface area is 137 Å². The summed E-state index contributed by atoms with van der Waals surface area (Å²) in [6.45, 7) is 5.11. The largest absolute Gasteiger partial charge is 0.480 e. The van der Waals surface area contributed by atoms with Crippen molar-refractivity contribution in [1.82, 2.24) is 10.6 Å². The second-order valence-electron chi connectivity index (χ2n) is 6.26. The van der Waals surface area contributed by atoms with Gasteiger partial charge in [-0.25, -0.2) is 4.79 Å². The number of nitrogens with one attached hydrogen (secondary N) is 2. The first-order valence-corrected chi connectivity index (χ1v) is 8.37. The highest BCUT2D eigenvalue weighted by Crippen LogP contribution is 2.26. The molecule has 130 valence electrons. The van der Waals surface area contributed by atoms with Crippen LogP contribution in [0.4, 0.5) is 0 Å². The van der Waals surface area contributed by atoms with Crippen LogP contribution >= 0.6 is 0 Å². The monoisotopic (exact) mass is 324 g/mol. The SMILES string of the molecule is C=CCCC(NC(=O)C(C)NC(=O)CC1CCCCC1)C(=O)O. The maximum absolute atomic E-state index is 12.0. The van der Waals surface area contributed by atoms with Crippen molar-refractivity contribution < 1.29 is 19.5 Å². The highest BCUT2D eigenvalue weighted by atomic mass is 16.4. The highest BCUT2D eigenvalue weighted by Gasteiger charge is 2.24. The van der Waals surface area contributed by atoms with Crippen molar-refractivity contribution in [3.63, 3.8) is 0 Å². The number of allylic oxidation sites excluding steroid dienone is 1. The Kier molecular flexibility index (Phi) is 8.37. The van der Waals surface area contributed by atoms with E-state index < -0.39 is 24.0 Å². The number of hydrogen-bond acceptors (Lipinski definition) is 3. The zero-order valence-electron chi connectivity index (χ0n) is 13.8. The van der Waals surface area contributed by atoms with Crippen molar-refractivity contribution in [2.24, 2.45) is 5.92 Å². The van der Waals surface area contributed by atoms with E-state index in [9.17, 15) is 14.4 Å². The van der Waals surface area contributed by atoms with Crippen molar-refractivity contribution in [2.45, 2.75) is 70.4 Å². The first-order chi connectivity index (χ1) is 10.9. The Morgan fingerprint density at radius 3 is 2.43 bits per heavy atom. The Balaban J connectivity index is 2.40. The van der Waals surface area contributed by atoms with Crippen molar-refractivity contribution in [3.05, 3.63) is 12.7 Å². The van der Waals surface area contributed by atoms with Crippen LogP contribution in [-0.2, 0) is 14.4 Å². The quantitative estimate of drug-likeness (QED) is 0.565. The van der Waals surface area contributed by atoms with Gasteiger partial charge < -0.3 is 15.7 Å². The standard InChI is InChI=1S/C17H28N2O4/c1-3-4-10-14(17(22)23)19-16(21)12(2)18-15(20)11-13-8-6-5-7-9-13/h3,12-14H,1,4-11H2,2H3,(H,18,20)(H,19,21)(H,22,23). The van der Waals surface area contributed by atoms with Crippen LogP contribution in [0.25, 0.3) is 0 Å². The molecule has 2 amide bonds. The van der Waals surface area contributed by atoms with Gasteiger partial charge in [-0.05, 0) is 38.5 Å². The molecule has 1 saturated carbocycles.